The largest absolute Gasteiger partial charge is 0.337 e. The third-order valence-corrected chi connectivity index (χ3v) is 4.16. The third kappa shape index (κ3) is 2.93. The zero-order valence-electron chi connectivity index (χ0n) is 13.3. The number of nitrogens with zero attached hydrogens (tertiary/aromatic N) is 4. The van der Waals surface area contributed by atoms with Gasteiger partial charge in [0, 0.05) is 18.3 Å². The average Bonchev–Trinajstić information content (AvgIpc) is 3.32. The molecule has 1 aliphatic heterocycles. The highest BCUT2D eigenvalue weighted by molar-refractivity contribution is 5.92. The molecule has 0 bridgehead atoms. The summed E-state index contributed by atoms with van der Waals surface area (Å²) in [6.07, 6.45) is 4.00. The molecule has 1 N–H and O–H groups in total. The predicted molar refractivity (Wildman–Crippen MR) is 87.6 cm³/mol. The second-order valence-electron chi connectivity index (χ2n) is 5.78. The molecule has 0 aliphatic carbocycles. The van der Waals surface area contributed by atoms with Crippen LogP contribution in [0.3, 0.4) is 0 Å². The van der Waals surface area contributed by atoms with E-state index in [2.05, 4.69) is 20.1 Å². The smallest absolute Gasteiger partial charge is 0.274 e. The Hall–Kier alpha value is -3.29. The first-order valence-corrected chi connectivity index (χ1v) is 7.97. The Bertz CT molecular complexity index is 930. The average molecular weight is 337 g/mol. The second-order valence-corrected chi connectivity index (χ2v) is 5.78. The van der Waals surface area contributed by atoms with Crippen LogP contribution in [0.1, 0.15) is 35.3 Å². The summed E-state index contributed by atoms with van der Waals surface area (Å²) in [4.78, 5) is 36.3. The molecule has 1 saturated heterocycles. The number of aromatic nitrogens is 4. The Morgan fingerprint density at radius 1 is 1.28 bits per heavy atom. The van der Waals surface area contributed by atoms with Crippen molar-refractivity contribution in [1.29, 1.82) is 0 Å². The van der Waals surface area contributed by atoms with Crippen LogP contribution < -0.4 is 5.56 Å². The SMILES string of the molecule is O=C(c1c[nH]c(=O)cn1)N1CCCC1c1nc(-c2ccccc2)no1. The van der Waals surface area contributed by atoms with Gasteiger partial charge in [0.2, 0.25) is 11.7 Å². The van der Waals surface area contributed by atoms with Crippen LogP contribution in [0, 0.1) is 0 Å². The summed E-state index contributed by atoms with van der Waals surface area (Å²) in [5, 5.41) is 4.02. The van der Waals surface area contributed by atoms with E-state index < -0.39 is 0 Å². The molecule has 1 fully saturated rings. The first-order chi connectivity index (χ1) is 12.2. The number of carbonyl (C=O) groups is 1. The van der Waals surface area contributed by atoms with E-state index in [1.807, 2.05) is 30.3 Å². The number of H-pyrrole nitrogens is 1. The maximum absolute atomic E-state index is 12.7. The van der Waals surface area contributed by atoms with Gasteiger partial charge in [-0.05, 0) is 12.8 Å². The van der Waals surface area contributed by atoms with E-state index in [0.717, 1.165) is 24.6 Å². The Labute approximate surface area is 142 Å². The van der Waals surface area contributed by atoms with Crippen molar-refractivity contribution in [2.45, 2.75) is 18.9 Å². The Morgan fingerprint density at radius 2 is 2.12 bits per heavy atom. The van der Waals surface area contributed by atoms with E-state index in [4.69, 9.17) is 4.52 Å². The van der Waals surface area contributed by atoms with Gasteiger partial charge in [0.1, 0.15) is 11.7 Å². The number of hydrogen-bond acceptors (Lipinski definition) is 6. The number of aromatic amines is 1. The predicted octanol–water partition coefficient (Wildman–Crippen LogP) is 1.80. The Balaban J connectivity index is 1.59. The molecule has 8 heteroatoms. The lowest BCUT2D eigenvalue weighted by atomic mass is 10.2. The molecule has 0 spiro atoms. The normalized spacial score (nSPS) is 17.0. The molecule has 1 atom stereocenters. The zero-order valence-corrected chi connectivity index (χ0v) is 13.3. The highest BCUT2D eigenvalue weighted by Crippen LogP contribution is 2.32. The number of carbonyl (C=O) groups excluding carboxylic acids is 1. The van der Waals surface area contributed by atoms with Crippen LogP contribution in [-0.2, 0) is 0 Å². The summed E-state index contributed by atoms with van der Waals surface area (Å²) >= 11 is 0. The van der Waals surface area contributed by atoms with Gasteiger partial charge in [-0.25, -0.2) is 4.98 Å². The number of hydrogen-bond donors (Lipinski definition) is 1. The van der Waals surface area contributed by atoms with Crippen LogP contribution >= 0.6 is 0 Å². The first-order valence-electron chi connectivity index (χ1n) is 7.97. The highest BCUT2D eigenvalue weighted by Gasteiger charge is 2.35. The lowest BCUT2D eigenvalue weighted by molar-refractivity contribution is 0.0703. The summed E-state index contributed by atoms with van der Waals surface area (Å²) in [6.45, 7) is 0.577. The maximum Gasteiger partial charge on any atom is 0.274 e. The zero-order chi connectivity index (χ0) is 17.2. The molecular weight excluding hydrogens is 322 g/mol. The number of benzene rings is 1. The van der Waals surface area contributed by atoms with Crippen molar-refractivity contribution in [2.24, 2.45) is 0 Å². The molecule has 1 amide bonds. The van der Waals surface area contributed by atoms with Gasteiger partial charge in [0.05, 0.1) is 6.20 Å². The van der Waals surface area contributed by atoms with Crippen LogP contribution in [0.4, 0.5) is 0 Å². The van der Waals surface area contributed by atoms with E-state index in [0.29, 0.717) is 18.3 Å². The summed E-state index contributed by atoms with van der Waals surface area (Å²) in [7, 11) is 0. The van der Waals surface area contributed by atoms with Gasteiger partial charge < -0.3 is 14.4 Å². The maximum atomic E-state index is 12.7. The lowest BCUT2D eigenvalue weighted by Crippen LogP contribution is -2.32. The molecule has 1 aromatic carbocycles. The molecule has 8 nitrogen and oxygen atoms in total. The van der Waals surface area contributed by atoms with E-state index in [1.54, 1.807) is 4.90 Å². The lowest BCUT2D eigenvalue weighted by Gasteiger charge is -2.21. The minimum atomic E-state index is -0.348. The molecule has 0 radical (unpaired) electrons. The monoisotopic (exact) mass is 337 g/mol. The van der Waals surface area contributed by atoms with Crippen molar-refractivity contribution in [1.82, 2.24) is 25.0 Å². The van der Waals surface area contributed by atoms with Gasteiger partial charge in [-0.1, -0.05) is 35.5 Å². The van der Waals surface area contributed by atoms with Crippen molar-refractivity contribution >= 4 is 5.91 Å². The summed E-state index contributed by atoms with van der Waals surface area (Å²) in [5.41, 5.74) is 0.698. The van der Waals surface area contributed by atoms with Gasteiger partial charge >= 0.3 is 0 Å². The van der Waals surface area contributed by atoms with Crippen molar-refractivity contribution in [3.8, 4) is 11.4 Å². The number of likely N-dealkylation sites (tertiary alicyclic amines) is 1. The molecule has 3 aromatic rings. The fourth-order valence-electron chi connectivity index (χ4n) is 2.95. The van der Waals surface area contributed by atoms with Gasteiger partial charge in [-0.3, -0.25) is 9.59 Å². The molecule has 1 aliphatic rings. The molecule has 1 unspecified atom stereocenters. The number of nitrogens with one attached hydrogen (secondary N) is 1. The standard InChI is InChI=1S/C17H15N5O3/c23-14-10-18-12(9-19-14)17(24)22-8-4-7-13(22)16-20-15(21-25-16)11-5-2-1-3-6-11/h1-3,5-6,9-10,13H,4,7-8H2,(H,19,23). The van der Waals surface area contributed by atoms with Crippen LogP contribution in [0.5, 0.6) is 0 Å². The Kier molecular flexibility index (Phi) is 3.85. The van der Waals surface area contributed by atoms with Crippen molar-refractivity contribution in [3.05, 3.63) is 64.7 Å². The summed E-state index contributed by atoms with van der Waals surface area (Å²) in [5.74, 6) is 0.643. The van der Waals surface area contributed by atoms with Crippen LogP contribution in [0.15, 0.2) is 52.0 Å². The van der Waals surface area contributed by atoms with Gasteiger partial charge in [-0.2, -0.15) is 4.98 Å². The van der Waals surface area contributed by atoms with Gasteiger partial charge in [0.25, 0.3) is 11.5 Å². The molecule has 126 valence electrons. The fraction of sp³-hybridized carbons (Fsp3) is 0.235. The quantitative estimate of drug-likeness (QED) is 0.781. The molecule has 4 rings (SSSR count). The van der Waals surface area contributed by atoms with Gasteiger partial charge in [0.15, 0.2) is 0 Å². The molecule has 0 saturated carbocycles. The fourth-order valence-corrected chi connectivity index (χ4v) is 2.95. The summed E-state index contributed by atoms with van der Waals surface area (Å²) in [6, 6.07) is 9.23. The number of amides is 1. The Morgan fingerprint density at radius 3 is 2.88 bits per heavy atom. The third-order valence-electron chi connectivity index (χ3n) is 4.16. The first kappa shape index (κ1) is 15.3. The topological polar surface area (TPSA) is 105 Å². The molecule has 2 aromatic heterocycles. The van der Waals surface area contributed by atoms with Gasteiger partial charge in [-0.15, -0.1) is 0 Å². The molecular formula is C17H15N5O3. The molecule has 3 heterocycles. The highest BCUT2D eigenvalue weighted by atomic mass is 16.5. The van der Waals surface area contributed by atoms with Crippen molar-refractivity contribution in [3.63, 3.8) is 0 Å². The summed E-state index contributed by atoms with van der Waals surface area (Å²) < 4.78 is 5.41. The number of rotatable bonds is 3. The van der Waals surface area contributed by atoms with E-state index >= 15 is 0 Å². The van der Waals surface area contributed by atoms with E-state index in [-0.39, 0.29) is 23.2 Å². The minimum absolute atomic E-state index is 0.189. The van der Waals surface area contributed by atoms with Crippen molar-refractivity contribution in [2.75, 3.05) is 6.54 Å². The van der Waals surface area contributed by atoms with Crippen LogP contribution in [0.2, 0.25) is 0 Å². The molecule has 25 heavy (non-hydrogen) atoms. The minimum Gasteiger partial charge on any atom is -0.337 e. The van der Waals surface area contributed by atoms with E-state index in [9.17, 15) is 9.59 Å². The van der Waals surface area contributed by atoms with Crippen molar-refractivity contribution < 1.29 is 9.32 Å². The van der Waals surface area contributed by atoms with E-state index in [1.165, 1.54) is 6.20 Å². The van der Waals surface area contributed by atoms with Crippen LogP contribution in [-0.4, -0.2) is 37.5 Å². The van der Waals surface area contributed by atoms with Crippen LogP contribution in [0.25, 0.3) is 11.4 Å². The second kappa shape index (κ2) is 6.31.